The van der Waals surface area contributed by atoms with E-state index in [0.717, 1.165) is 4.90 Å². The van der Waals surface area contributed by atoms with E-state index in [2.05, 4.69) is 5.32 Å². The van der Waals surface area contributed by atoms with Crippen LogP contribution in [0.2, 0.25) is 0 Å². The van der Waals surface area contributed by atoms with Gasteiger partial charge in [0.1, 0.15) is 0 Å². The van der Waals surface area contributed by atoms with E-state index in [9.17, 15) is 19.8 Å². The van der Waals surface area contributed by atoms with Crippen LogP contribution < -0.4 is 5.32 Å². The minimum atomic E-state index is -0.733. The number of β-amino-alcohol motifs (C(OH)–C–C–N with tert-alkyl or cyclic N) is 2. The Labute approximate surface area is 92.6 Å². The molecular formula is C9H15N3O4. The highest BCUT2D eigenvalue weighted by molar-refractivity contribution is 6.01. The number of hydrogen-bond acceptors (Lipinski definition) is 5. The second kappa shape index (κ2) is 4.36. The van der Waals surface area contributed by atoms with Crippen molar-refractivity contribution in [2.24, 2.45) is 0 Å². The number of rotatable bonds is 3. The van der Waals surface area contributed by atoms with Crippen molar-refractivity contribution >= 4 is 11.9 Å². The Morgan fingerprint density at radius 1 is 1.19 bits per heavy atom. The molecule has 2 heterocycles. The molecule has 2 aliphatic heterocycles. The summed E-state index contributed by atoms with van der Waals surface area (Å²) in [5.41, 5.74) is 0. The molecule has 0 spiro atoms. The van der Waals surface area contributed by atoms with E-state index in [4.69, 9.17) is 0 Å². The SMILES string of the molecule is O=C1CNC(=O)N1CCN1CC(O)C(O)C1. The smallest absolute Gasteiger partial charge is 0.324 e. The highest BCUT2D eigenvalue weighted by Gasteiger charge is 2.32. The van der Waals surface area contributed by atoms with Gasteiger partial charge < -0.3 is 15.5 Å². The number of urea groups is 1. The number of aliphatic hydroxyl groups excluding tert-OH is 2. The minimum absolute atomic E-state index is 0.0596. The van der Waals surface area contributed by atoms with Crippen molar-refractivity contribution in [3.63, 3.8) is 0 Å². The summed E-state index contributed by atoms with van der Waals surface area (Å²) in [5, 5.41) is 21.1. The van der Waals surface area contributed by atoms with Gasteiger partial charge in [-0.2, -0.15) is 0 Å². The number of nitrogens with zero attached hydrogens (tertiary/aromatic N) is 2. The van der Waals surface area contributed by atoms with Crippen LogP contribution >= 0.6 is 0 Å². The van der Waals surface area contributed by atoms with Crippen LogP contribution in [-0.2, 0) is 4.79 Å². The fourth-order valence-corrected chi connectivity index (χ4v) is 1.95. The van der Waals surface area contributed by atoms with E-state index in [1.807, 2.05) is 4.90 Å². The fraction of sp³-hybridized carbons (Fsp3) is 0.778. The summed E-state index contributed by atoms with van der Waals surface area (Å²) in [5.74, 6) is -0.231. The Hall–Kier alpha value is -1.18. The molecule has 90 valence electrons. The second-order valence-corrected chi connectivity index (χ2v) is 4.10. The van der Waals surface area contributed by atoms with Crippen LogP contribution in [0, 0.1) is 0 Å². The molecule has 16 heavy (non-hydrogen) atoms. The summed E-state index contributed by atoms with van der Waals surface area (Å²) in [6.45, 7) is 1.59. The maximum Gasteiger partial charge on any atom is 0.324 e. The Morgan fingerprint density at radius 2 is 1.81 bits per heavy atom. The van der Waals surface area contributed by atoms with E-state index >= 15 is 0 Å². The van der Waals surface area contributed by atoms with Crippen LogP contribution in [0.1, 0.15) is 0 Å². The van der Waals surface area contributed by atoms with Gasteiger partial charge in [0, 0.05) is 26.2 Å². The topological polar surface area (TPSA) is 93.1 Å². The molecule has 2 fully saturated rings. The molecule has 2 saturated heterocycles. The third-order valence-electron chi connectivity index (χ3n) is 2.91. The lowest BCUT2D eigenvalue weighted by Crippen LogP contribution is -2.38. The molecule has 0 aromatic heterocycles. The molecule has 2 unspecified atom stereocenters. The molecule has 2 rings (SSSR count). The highest BCUT2D eigenvalue weighted by atomic mass is 16.3. The predicted molar refractivity (Wildman–Crippen MR) is 53.6 cm³/mol. The van der Waals surface area contributed by atoms with Crippen molar-refractivity contribution in [1.82, 2.24) is 15.1 Å². The number of carbonyl (C=O) groups is 2. The molecule has 2 aliphatic rings. The molecule has 3 amide bonds. The van der Waals surface area contributed by atoms with Gasteiger partial charge in [-0.3, -0.25) is 14.6 Å². The van der Waals surface area contributed by atoms with Crippen LogP contribution in [0.5, 0.6) is 0 Å². The molecule has 2 atom stereocenters. The molecule has 0 radical (unpaired) electrons. The van der Waals surface area contributed by atoms with Crippen molar-refractivity contribution in [3.05, 3.63) is 0 Å². The molecule has 0 bridgehead atoms. The van der Waals surface area contributed by atoms with Crippen molar-refractivity contribution < 1.29 is 19.8 Å². The second-order valence-electron chi connectivity index (χ2n) is 4.10. The molecule has 7 nitrogen and oxygen atoms in total. The minimum Gasteiger partial charge on any atom is -0.389 e. The first-order valence-electron chi connectivity index (χ1n) is 5.24. The van der Waals surface area contributed by atoms with Crippen molar-refractivity contribution in [2.75, 3.05) is 32.7 Å². The van der Waals surface area contributed by atoms with Gasteiger partial charge in [0.2, 0.25) is 5.91 Å². The van der Waals surface area contributed by atoms with E-state index < -0.39 is 12.2 Å². The van der Waals surface area contributed by atoms with E-state index in [1.54, 1.807) is 0 Å². The Morgan fingerprint density at radius 3 is 2.31 bits per heavy atom. The molecule has 0 aliphatic carbocycles. The highest BCUT2D eigenvalue weighted by Crippen LogP contribution is 2.10. The predicted octanol–water partition coefficient (Wildman–Crippen LogP) is -2.42. The average molecular weight is 229 g/mol. The van der Waals surface area contributed by atoms with Crippen LogP contribution in [0.4, 0.5) is 4.79 Å². The number of hydrogen-bond donors (Lipinski definition) is 3. The first kappa shape index (κ1) is 11.3. The van der Waals surface area contributed by atoms with E-state index in [0.29, 0.717) is 26.2 Å². The lowest BCUT2D eigenvalue weighted by atomic mass is 10.3. The maximum absolute atomic E-state index is 11.2. The average Bonchev–Trinajstić information content (AvgIpc) is 2.70. The third-order valence-corrected chi connectivity index (χ3v) is 2.91. The van der Waals surface area contributed by atoms with Gasteiger partial charge in [0.25, 0.3) is 0 Å². The van der Waals surface area contributed by atoms with Gasteiger partial charge >= 0.3 is 6.03 Å². The van der Waals surface area contributed by atoms with Crippen molar-refractivity contribution in [2.45, 2.75) is 12.2 Å². The maximum atomic E-state index is 11.2. The van der Waals surface area contributed by atoms with Crippen LogP contribution in [0.3, 0.4) is 0 Å². The third kappa shape index (κ3) is 2.16. The van der Waals surface area contributed by atoms with Gasteiger partial charge in [-0.25, -0.2) is 4.79 Å². The summed E-state index contributed by atoms with van der Waals surface area (Å²) < 4.78 is 0. The summed E-state index contributed by atoms with van der Waals surface area (Å²) in [4.78, 5) is 25.4. The number of likely N-dealkylation sites (tertiary alicyclic amines) is 1. The van der Waals surface area contributed by atoms with Gasteiger partial charge in [-0.1, -0.05) is 0 Å². The molecule has 0 saturated carbocycles. The largest absolute Gasteiger partial charge is 0.389 e. The summed E-state index contributed by atoms with van der Waals surface area (Å²) in [6, 6.07) is -0.370. The Bertz CT molecular complexity index is 283. The summed E-state index contributed by atoms with van der Waals surface area (Å²) >= 11 is 0. The number of carbonyl (C=O) groups excluding carboxylic acids is 2. The normalized spacial score (nSPS) is 31.2. The van der Waals surface area contributed by atoms with Crippen molar-refractivity contribution in [1.29, 1.82) is 0 Å². The van der Waals surface area contributed by atoms with Gasteiger partial charge in [-0.15, -0.1) is 0 Å². The van der Waals surface area contributed by atoms with E-state index in [1.165, 1.54) is 0 Å². The number of amides is 3. The lowest BCUT2D eigenvalue weighted by molar-refractivity contribution is -0.125. The molecular weight excluding hydrogens is 214 g/mol. The number of aliphatic hydroxyl groups is 2. The van der Waals surface area contributed by atoms with E-state index in [-0.39, 0.29) is 18.5 Å². The zero-order valence-corrected chi connectivity index (χ0v) is 8.80. The zero-order chi connectivity index (χ0) is 11.7. The van der Waals surface area contributed by atoms with Crippen LogP contribution in [0.15, 0.2) is 0 Å². The van der Waals surface area contributed by atoms with Gasteiger partial charge in [0.05, 0.1) is 18.8 Å². The van der Waals surface area contributed by atoms with Crippen LogP contribution in [0.25, 0.3) is 0 Å². The number of imide groups is 1. The Kier molecular flexibility index (Phi) is 3.08. The number of nitrogens with one attached hydrogen (secondary N) is 1. The van der Waals surface area contributed by atoms with Gasteiger partial charge in [-0.05, 0) is 0 Å². The first-order valence-corrected chi connectivity index (χ1v) is 5.24. The van der Waals surface area contributed by atoms with Crippen LogP contribution in [-0.4, -0.2) is 76.9 Å². The quantitative estimate of drug-likeness (QED) is 0.468. The fourth-order valence-electron chi connectivity index (χ4n) is 1.95. The first-order chi connectivity index (χ1) is 7.58. The standard InChI is InChI=1S/C9H15N3O4/c13-6-4-11(5-7(6)14)1-2-12-8(15)3-10-9(12)16/h6-7,13-14H,1-5H2,(H,10,16). The molecule has 7 heteroatoms. The molecule has 0 aromatic rings. The van der Waals surface area contributed by atoms with Crippen molar-refractivity contribution in [3.8, 4) is 0 Å². The monoisotopic (exact) mass is 229 g/mol. The summed E-state index contributed by atoms with van der Waals surface area (Å²) in [6.07, 6.45) is -1.47. The van der Waals surface area contributed by atoms with Gasteiger partial charge in [0.15, 0.2) is 0 Å². The molecule has 0 aromatic carbocycles. The Balaban J connectivity index is 1.80. The summed E-state index contributed by atoms with van der Waals surface area (Å²) in [7, 11) is 0. The zero-order valence-electron chi connectivity index (χ0n) is 8.80. The molecule has 3 N–H and O–H groups in total. The lowest BCUT2D eigenvalue weighted by Gasteiger charge is -2.18.